The van der Waals surface area contributed by atoms with Crippen molar-refractivity contribution in [3.05, 3.63) is 72.6 Å². The van der Waals surface area contributed by atoms with Gasteiger partial charge in [0.1, 0.15) is 12.1 Å². The highest BCUT2D eigenvalue weighted by Gasteiger charge is 2.10. The highest BCUT2D eigenvalue weighted by atomic mass is 16.5. The Morgan fingerprint density at radius 3 is 2.83 bits per heavy atom. The van der Waals surface area contributed by atoms with E-state index in [-0.39, 0.29) is 12.5 Å². The van der Waals surface area contributed by atoms with Crippen LogP contribution in [0.1, 0.15) is 25.3 Å². The minimum atomic E-state index is -0.220. The first-order valence-corrected chi connectivity index (χ1v) is 9.39. The highest BCUT2D eigenvalue weighted by molar-refractivity contribution is 5.92. The number of hydrogen-bond acceptors (Lipinski definition) is 5. The molecular formula is C22H21N5O2. The van der Waals surface area contributed by atoms with E-state index in [1.807, 2.05) is 60.7 Å². The van der Waals surface area contributed by atoms with Crippen LogP contribution in [0.3, 0.4) is 0 Å². The number of ether oxygens (including phenoxy) is 1. The topological polar surface area (TPSA) is 81.4 Å². The molecule has 0 unspecified atom stereocenters. The molecule has 0 aliphatic heterocycles. The number of nitrogens with zero attached hydrogens (tertiary/aromatic N) is 4. The standard InChI is InChI=1S/C22H21N5O2/c1-15(2)18-8-3-4-9-20(18)29-13-22(28)24-17-7-5-6-16(12-17)19-10-11-21-25-23-14-27(21)26-19/h3-12,14-15H,13H2,1-2H3,(H,24,28). The summed E-state index contributed by atoms with van der Waals surface area (Å²) in [5, 5.41) is 15.1. The molecule has 4 rings (SSSR count). The van der Waals surface area contributed by atoms with Crippen molar-refractivity contribution in [3.8, 4) is 17.0 Å². The maximum Gasteiger partial charge on any atom is 0.262 e. The molecule has 0 spiro atoms. The normalized spacial score (nSPS) is 11.0. The van der Waals surface area contributed by atoms with E-state index in [4.69, 9.17) is 4.74 Å². The molecule has 7 nitrogen and oxygen atoms in total. The number of carbonyl (C=O) groups excluding carboxylic acids is 1. The van der Waals surface area contributed by atoms with E-state index in [2.05, 4.69) is 34.5 Å². The molecule has 4 aromatic rings. The lowest BCUT2D eigenvalue weighted by atomic mass is 10.0. The third kappa shape index (κ3) is 4.24. The highest BCUT2D eigenvalue weighted by Crippen LogP contribution is 2.26. The van der Waals surface area contributed by atoms with Crippen LogP contribution in [0, 0.1) is 0 Å². The zero-order chi connectivity index (χ0) is 20.2. The monoisotopic (exact) mass is 387 g/mol. The number of para-hydroxylation sites is 1. The van der Waals surface area contributed by atoms with Crippen LogP contribution in [0.2, 0.25) is 0 Å². The van der Waals surface area contributed by atoms with Gasteiger partial charge >= 0.3 is 0 Å². The molecule has 0 radical (unpaired) electrons. The molecule has 2 heterocycles. The summed E-state index contributed by atoms with van der Waals surface area (Å²) < 4.78 is 7.36. The lowest BCUT2D eigenvalue weighted by Crippen LogP contribution is -2.20. The summed E-state index contributed by atoms with van der Waals surface area (Å²) in [5.41, 5.74) is 4.08. The lowest BCUT2D eigenvalue weighted by Gasteiger charge is -2.14. The van der Waals surface area contributed by atoms with Gasteiger partial charge in [0.15, 0.2) is 12.3 Å². The fourth-order valence-electron chi connectivity index (χ4n) is 3.07. The lowest BCUT2D eigenvalue weighted by molar-refractivity contribution is -0.118. The van der Waals surface area contributed by atoms with Crippen molar-refractivity contribution >= 4 is 17.2 Å². The Hall–Kier alpha value is -3.74. The van der Waals surface area contributed by atoms with Crippen LogP contribution in [0.15, 0.2) is 67.0 Å². The third-order valence-corrected chi connectivity index (χ3v) is 4.50. The van der Waals surface area contributed by atoms with E-state index >= 15 is 0 Å². The van der Waals surface area contributed by atoms with Gasteiger partial charge in [-0.15, -0.1) is 10.2 Å². The SMILES string of the molecule is CC(C)c1ccccc1OCC(=O)Nc1cccc(-c2ccc3nncn3n2)c1. The van der Waals surface area contributed by atoms with Gasteiger partial charge in [-0.1, -0.05) is 44.2 Å². The number of rotatable bonds is 6. The molecule has 0 aliphatic carbocycles. The first kappa shape index (κ1) is 18.6. The molecule has 146 valence electrons. The molecule has 2 aromatic carbocycles. The maximum absolute atomic E-state index is 12.4. The summed E-state index contributed by atoms with van der Waals surface area (Å²) in [6.45, 7) is 4.14. The molecule has 1 N–H and O–H groups in total. The third-order valence-electron chi connectivity index (χ3n) is 4.50. The van der Waals surface area contributed by atoms with Crippen LogP contribution < -0.4 is 10.1 Å². The predicted molar refractivity (Wildman–Crippen MR) is 111 cm³/mol. The smallest absolute Gasteiger partial charge is 0.262 e. The Labute approximate surface area is 168 Å². The number of amides is 1. The Balaban J connectivity index is 1.44. The second-order valence-corrected chi connectivity index (χ2v) is 6.96. The fraction of sp³-hybridized carbons (Fsp3) is 0.182. The summed E-state index contributed by atoms with van der Waals surface area (Å²) in [6, 6.07) is 19.0. The largest absolute Gasteiger partial charge is 0.483 e. The molecule has 0 fully saturated rings. The van der Waals surface area contributed by atoms with Crippen molar-refractivity contribution in [3.63, 3.8) is 0 Å². The zero-order valence-corrected chi connectivity index (χ0v) is 16.2. The predicted octanol–water partition coefficient (Wildman–Crippen LogP) is 3.93. The minimum Gasteiger partial charge on any atom is -0.483 e. The van der Waals surface area contributed by atoms with Crippen molar-refractivity contribution in [1.29, 1.82) is 0 Å². The van der Waals surface area contributed by atoms with Crippen LogP contribution in [0.4, 0.5) is 5.69 Å². The van der Waals surface area contributed by atoms with Crippen LogP contribution >= 0.6 is 0 Å². The van der Waals surface area contributed by atoms with Gasteiger partial charge in [-0.2, -0.15) is 9.61 Å². The molecule has 0 saturated carbocycles. The van der Waals surface area contributed by atoms with Gasteiger partial charge in [-0.3, -0.25) is 4.79 Å². The van der Waals surface area contributed by atoms with Gasteiger partial charge in [0, 0.05) is 11.3 Å². The van der Waals surface area contributed by atoms with Gasteiger partial charge in [0.2, 0.25) is 0 Å². The Morgan fingerprint density at radius 2 is 1.97 bits per heavy atom. The van der Waals surface area contributed by atoms with Crippen molar-refractivity contribution in [2.24, 2.45) is 0 Å². The molecule has 0 saturated heterocycles. The summed E-state index contributed by atoms with van der Waals surface area (Å²) in [5.74, 6) is 0.835. The van der Waals surface area contributed by atoms with Crippen molar-refractivity contribution in [2.45, 2.75) is 19.8 Å². The Morgan fingerprint density at radius 1 is 1.10 bits per heavy atom. The molecule has 0 atom stereocenters. The van der Waals surface area contributed by atoms with Crippen molar-refractivity contribution < 1.29 is 9.53 Å². The van der Waals surface area contributed by atoms with Crippen LogP contribution in [0.5, 0.6) is 5.75 Å². The number of aromatic nitrogens is 4. The van der Waals surface area contributed by atoms with E-state index in [9.17, 15) is 4.79 Å². The Bertz CT molecular complexity index is 1150. The average Bonchev–Trinajstić information content (AvgIpc) is 3.20. The average molecular weight is 387 g/mol. The molecule has 0 aliphatic rings. The van der Waals surface area contributed by atoms with Crippen LogP contribution in [-0.4, -0.2) is 32.3 Å². The second kappa shape index (κ2) is 8.10. The molecule has 7 heteroatoms. The van der Waals surface area contributed by atoms with Gasteiger partial charge in [0.05, 0.1) is 5.69 Å². The quantitative estimate of drug-likeness (QED) is 0.542. The van der Waals surface area contributed by atoms with Gasteiger partial charge in [-0.25, -0.2) is 0 Å². The Kier molecular flexibility index (Phi) is 5.20. The van der Waals surface area contributed by atoms with E-state index in [0.29, 0.717) is 17.3 Å². The molecule has 1 amide bonds. The van der Waals surface area contributed by atoms with Gasteiger partial charge in [0.25, 0.3) is 5.91 Å². The van der Waals surface area contributed by atoms with E-state index in [1.165, 1.54) is 0 Å². The molecule has 2 aromatic heterocycles. The second-order valence-electron chi connectivity index (χ2n) is 6.96. The molecule has 0 bridgehead atoms. The zero-order valence-electron chi connectivity index (χ0n) is 16.2. The van der Waals surface area contributed by atoms with Crippen LogP contribution in [0.25, 0.3) is 16.9 Å². The number of hydrogen-bond donors (Lipinski definition) is 1. The number of carbonyl (C=O) groups is 1. The van der Waals surface area contributed by atoms with E-state index < -0.39 is 0 Å². The molecule has 29 heavy (non-hydrogen) atoms. The van der Waals surface area contributed by atoms with E-state index in [0.717, 1.165) is 22.6 Å². The van der Waals surface area contributed by atoms with Gasteiger partial charge in [-0.05, 0) is 41.8 Å². The number of anilines is 1. The summed E-state index contributed by atoms with van der Waals surface area (Å²) in [4.78, 5) is 12.4. The first-order valence-electron chi connectivity index (χ1n) is 9.39. The summed E-state index contributed by atoms with van der Waals surface area (Å²) in [6.07, 6.45) is 1.55. The summed E-state index contributed by atoms with van der Waals surface area (Å²) in [7, 11) is 0. The molecular weight excluding hydrogens is 366 g/mol. The van der Waals surface area contributed by atoms with Crippen LogP contribution in [-0.2, 0) is 4.79 Å². The van der Waals surface area contributed by atoms with E-state index in [1.54, 1.807) is 10.8 Å². The van der Waals surface area contributed by atoms with Crippen molar-refractivity contribution in [1.82, 2.24) is 19.8 Å². The van der Waals surface area contributed by atoms with Crippen molar-refractivity contribution in [2.75, 3.05) is 11.9 Å². The summed E-state index contributed by atoms with van der Waals surface area (Å²) >= 11 is 0. The number of nitrogens with one attached hydrogen (secondary N) is 1. The number of benzene rings is 2. The minimum absolute atomic E-state index is 0.0567. The first-order chi connectivity index (χ1) is 14.1. The maximum atomic E-state index is 12.4. The number of fused-ring (bicyclic) bond motifs is 1. The van der Waals surface area contributed by atoms with Gasteiger partial charge < -0.3 is 10.1 Å². The fourth-order valence-corrected chi connectivity index (χ4v) is 3.07.